The molecule has 118 valence electrons. The molecule has 2 aromatic rings. The van der Waals surface area contributed by atoms with Crippen LogP contribution in [-0.2, 0) is 4.79 Å². The van der Waals surface area contributed by atoms with Gasteiger partial charge in [-0.05, 0) is 31.1 Å². The van der Waals surface area contributed by atoms with Crippen LogP contribution in [0.15, 0.2) is 29.6 Å². The Morgan fingerprint density at radius 2 is 2.27 bits per heavy atom. The van der Waals surface area contributed by atoms with E-state index in [0.29, 0.717) is 22.3 Å². The Kier molecular flexibility index (Phi) is 5.50. The zero-order valence-electron chi connectivity index (χ0n) is 12.0. The summed E-state index contributed by atoms with van der Waals surface area (Å²) in [7, 11) is 0. The number of halogens is 2. The van der Waals surface area contributed by atoms with Gasteiger partial charge in [0.25, 0.3) is 0 Å². The summed E-state index contributed by atoms with van der Waals surface area (Å²) in [6.45, 7) is 3.71. The Hall–Kier alpha value is -1.50. The molecule has 1 aromatic carbocycles. The first kappa shape index (κ1) is 16.9. The summed E-state index contributed by atoms with van der Waals surface area (Å²) in [6.07, 6.45) is 0. The fourth-order valence-electron chi connectivity index (χ4n) is 2.21. The van der Waals surface area contributed by atoms with E-state index < -0.39 is 0 Å². The van der Waals surface area contributed by atoms with E-state index in [9.17, 15) is 9.18 Å². The third-order valence-electron chi connectivity index (χ3n) is 3.79. The van der Waals surface area contributed by atoms with Gasteiger partial charge in [0.1, 0.15) is 5.82 Å². The molecular formula is C15H17ClFN3OS. The lowest BCUT2D eigenvalue weighted by Gasteiger charge is -2.31. The van der Waals surface area contributed by atoms with Crippen molar-refractivity contribution in [2.75, 3.05) is 18.4 Å². The average molecular weight is 342 g/mol. The summed E-state index contributed by atoms with van der Waals surface area (Å²) in [5, 5.41) is 8.38. The van der Waals surface area contributed by atoms with E-state index >= 15 is 0 Å². The summed E-state index contributed by atoms with van der Waals surface area (Å²) in [5.41, 5.74) is 1.38. The van der Waals surface area contributed by atoms with Crippen molar-refractivity contribution in [1.29, 1.82) is 0 Å². The van der Waals surface area contributed by atoms with Crippen LogP contribution in [0.4, 0.5) is 9.52 Å². The number of aromatic nitrogens is 1. The Bertz CT molecular complexity index is 660. The second-order valence-corrected chi connectivity index (χ2v) is 6.10. The normalized spacial score (nSPS) is 15.5. The number of carbonyl (C=O) groups excluding carboxylic acids is 1. The molecule has 1 amide bonds. The number of benzene rings is 1. The lowest BCUT2D eigenvalue weighted by atomic mass is 9.88. The van der Waals surface area contributed by atoms with Gasteiger partial charge in [0, 0.05) is 16.9 Å². The van der Waals surface area contributed by atoms with Crippen LogP contribution in [0.2, 0.25) is 0 Å². The highest BCUT2D eigenvalue weighted by Crippen LogP contribution is 2.26. The fraction of sp³-hybridized carbons (Fsp3) is 0.333. The highest BCUT2D eigenvalue weighted by atomic mass is 35.5. The molecule has 4 nitrogen and oxygen atoms in total. The number of thiazole rings is 1. The van der Waals surface area contributed by atoms with E-state index in [4.69, 9.17) is 0 Å². The van der Waals surface area contributed by atoms with Crippen molar-refractivity contribution < 1.29 is 9.18 Å². The minimum Gasteiger partial charge on any atom is -0.316 e. The van der Waals surface area contributed by atoms with E-state index in [1.807, 2.05) is 12.3 Å². The van der Waals surface area contributed by atoms with Gasteiger partial charge in [-0.25, -0.2) is 9.37 Å². The van der Waals surface area contributed by atoms with Crippen LogP contribution in [0.3, 0.4) is 0 Å². The monoisotopic (exact) mass is 341 g/mol. The Morgan fingerprint density at radius 1 is 1.50 bits per heavy atom. The van der Waals surface area contributed by atoms with Gasteiger partial charge < -0.3 is 10.6 Å². The first-order valence-corrected chi connectivity index (χ1v) is 7.74. The molecule has 1 aliphatic rings. The van der Waals surface area contributed by atoms with E-state index in [2.05, 4.69) is 15.6 Å². The van der Waals surface area contributed by atoms with Crippen molar-refractivity contribution in [3.63, 3.8) is 0 Å². The quantitative estimate of drug-likeness (QED) is 0.898. The van der Waals surface area contributed by atoms with E-state index in [1.165, 1.54) is 23.5 Å². The molecule has 1 aromatic heterocycles. The molecule has 1 saturated heterocycles. The van der Waals surface area contributed by atoms with E-state index in [1.54, 1.807) is 12.1 Å². The summed E-state index contributed by atoms with van der Waals surface area (Å²) in [6, 6.07) is 6.27. The highest BCUT2D eigenvalue weighted by Gasteiger charge is 2.29. The Labute approximate surface area is 138 Å². The van der Waals surface area contributed by atoms with Crippen molar-refractivity contribution in [1.82, 2.24) is 10.3 Å². The molecule has 3 rings (SSSR count). The second kappa shape index (κ2) is 7.17. The van der Waals surface area contributed by atoms with Crippen molar-refractivity contribution in [3.05, 3.63) is 35.5 Å². The molecule has 1 aliphatic heterocycles. The number of carbonyl (C=O) groups is 1. The van der Waals surface area contributed by atoms with Gasteiger partial charge in [-0.2, -0.15) is 0 Å². The maximum Gasteiger partial charge on any atom is 0.229 e. The third kappa shape index (κ3) is 3.63. The summed E-state index contributed by atoms with van der Waals surface area (Å²) in [5.74, 6) is 0.0549. The Balaban J connectivity index is 0.00000176. The zero-order valence-corrected chi connectivity index (χ0v) is 13.6. The summed E-state index contributed by atoms with van der Waals surface area (Å²) >= 11 is 1.35. The topological polar surface area (TPSA) is 54.0 Å². The number of hydrogen-bond acceptors (Lipinski definition) is 4. The maximum absolute atomic E-state index is 13.2. The van der Waals surface area contributed by atoms with Crippen LogP contribution in [0.1, 0.15) is 6.92 Å². The van der Waals surface area contributed by atoms with Crippen LogP contribution in [0, 0.1) is 17.7 Å². The molecule has 7 heteroatoms. The first-order valence-electron chi connectivity index (χ1n) is 6.86. The van der Waals surface area contributed by atoms with Crippen LogP contribution < -0.4 is 10.6 Å². The van der Waals surface area contributed by atoms with Gasteiger partial charge in [-0.15, -0.1) is 23.7 Å². The average Bonchev–Trinajstić information content (AvgIpc) is 2.85. The van der Waals surface area contributed by atoms with Crippen molar-refractivity contribution >= 4 is 34.8 Å². The number of amides is 1. The van der Waals surface area contributed by atoms with Crippen molar-refractivity contribution in [2.24, 2.45) is 11.8 Å². The molecule has 0 spiro atoms. The molecule has 2 heterocycles. The molecule has 22 heavy (non-hydrogen) atoms. The lowest BCUT2D eigenvalue weighted by Crippen LogP contribution is -2.48. The molecular weight excluding hydrogens is 325 g/mol. The van der Waals surface area contributed by atoms with E-state index in [-0.39, 0.29) is 30.0 Å². The van der Waals surface area contributed by atoms with E-state index in [0.717, 1.165) is 13.1 Å². The molecule has 0 aliphatic carbocycles. The van der Waals surface area contributed by atoms with Gasteiger partial charge in [-0.3, -0.25) is 4.79 Å². The number of rotatable bonds is 4. The molecule has 0 saturated carbocycles. The first-order chi connectivity index (χ1) is 10.1. The smallest absolute Gasteiger partial charge is 0.229 e. The summed E-state index contributed by atoms with van der Waals surface area (Å²) < 4.78 is 13.2. The van der Waals surface area contributed by atoms with Crippen LogP contribution in [-0.4, -0.2) is 24.0 Å². The predicted molar refractivity (Wildman–Crippen MR) is 88.9 cm³/mol. The Morgan fingerprint density at radius 3 is 2.91 bits per heavy atom. The number of anilines is 1. The molecule has 0 radical (unpaired) electrons. The molecule has 1 unspecified atom stereocenters. The van der Waals surface area contributed by atoms with Crippen molar-refractivity contribution in [3.8, 4) is 11.3 Å². The zero-order chi connectivity index (χ0) is 14.8. The van der Waals surface area contributed by atoms with Gasteiger partial charge in [0.2, 0.25) is 5.91 Å². The van der Waals surface area contributed by atoms with Gasteiger partial charge in [0.15, 0.2) is 5.13 Å². The fourth-order valence-corrected chi connectivity index (χ4v) is 2.93. The predicted octanol–water partition coefficient (Wildman–Crippen LogP) is 3.17. The minimum absolute atomic E-state index is 0. The standard InChI is InChI=1S/C15H16FN3OS.ClH/c1-9(11-6-17-7-11)14(20)19-15-18-13(8-21-15)10-3-2-4-12(16)5-10;/h2-5,8-9,11,17H,6-7H2,1H3,(H,18,19,20);1H. The molecule has 1 atom stereocenters. The minimum atomic E-state index is -0.294. The lowest BCUT2D eigenvalue weighted by molar-refractivity contribution is -0.121. The van der Waals surface area contributed by atoms with Gasteiger partial charge in [0.05, 0.1) is 5.69 Å². The van der Waals surface area contributed by atoms with Crippen molar-refractivity contribution in [2.45, 2.75) is 6.92 Å². The van der Waals surface area contributed by atoms with Gasteiger partial charge >= 0.3 is 0 Å². The summed E-state index contributed by atoms with van der Waals surface area (Å²) in [4.78, 5) is 16.5. The van der Waals surface area contributed by atoms with Crippen LogP contribution >= 0.6 is 23.7 Å². The molecule has 2 N–H and O–H groups in total. The highest BCUT2D eigenvalue weighted by molar-refractivity contribution is 7.14. The maximum atomic E-state index is 13.2. The van der Waals surface area contributed by atoms with Crippen LogP contribution in [0.5, 0.6) is 0 Å². The largest absolute Gasteiger partial charge is 0.316 e. The molecule has 0 bridgehead atoms. The number of nitrogens with zero attached hydrogens (tertiary/aromatic N) is 1. The third-order valence-corrected chi connectivity index (χ3v) is 4.55. The second-order valence-electron chi connectivity index (χ2n) is 5.24. The molecule has 1 fully saturated rings. The van der Waals surface area contributed by atoms with Crippen LogP contribution in [0.25, 0.3) is 11.3 Å². The number of hydrogen-bond donors (Lipinski definition) is 2. The SMILES string of the molecule is CC(C(=O)Nc1nc(-c2cccc(F)c2)cs1)C1CNC1.Cl. The number of nitrogens with one attached hydrogen (secondary N) is 2. The van der Waals surface area contributed by atoms with Gasteiger partial charge in [-0.1, -0.05) is 19.1 Å².